The fourth-order valence-electron chi connectivity index (χ4n) is 3.63. The summed E-state index contributed by atoms with van der Waals surface area (Å²) in [7, 11) is 0. The van der Waals surface area contributed by atoms with Crippen molar-refractivity contribution in [2.45, 2.75) is 25.6 Å². The lowest BCUT2D eigenvalue weighted by Crippen LogP contribution is -2.48. The smallest absolute Gasteiger partial charge is 0.119 e. The Hall–Kier alpha value is -2.43. The molecule has 2 aromatic rings. The molecule has 2 unspecified atom stereocenters. The first-order valence-electron chi connectivity index (χ1n) is 10.5. The molecule has 0 saturated carbocycles. The van der Waals surface area contributed by atoms with Crippen LogP contribution in [0.5, 0.6) is 5.75 Å². The van der Waals surface area contributed by atoms with Crippen LogP contribution in [0.3, 0.4) is 0 Å². The van der Waals surface area contributed by atoms with Crippen molar-refractivity contribution in [1.29, 1.82) is 5.26 Å². The lowest BCUT2D eigenvalue weighted by atomic mass is 10.1. The van der Waals surface area contributed by atoms with Crippen molar-refractivity contribution in [3.8, 4) is 11.8 Å². The molecule has 0 spiro atoms. The Morgan fingerprint density at radius 3 is 2.50 bits per heavy atom. The van der Waals surface area contributed by atoms with E-state index in [0.717, 1.165) is 39.4 Å². The van der Waals surface area contributed by atoms with Gasteiger partial charge in [0, 0.05) is 38.8 Å². The van der Waals surface area contributed by atoms with Gasteiger partial charge in [-0.2, -0.15) is 5.26 Å². The molecule has 0 bridgehead atoms. The Labute approximate surface area is 179 Å². The van der Waals surface area contributed by atoms with Gasteiger partial charge < -0.3 is 14.6 Å². The molecule has 0 radical (unpaired) electrons. The number of hydrogen-bond acceptors (Lipinski definition) is 6. The minimum atomic E-state index is -0.614. The largest absolute Gasteiger partial charge is 0.491 e. The van der Waals surface area contributed by atoms with E-state index in [2.05, 4.69) is 34.9 Å². The van der Waals surface area contributed by atoms with Gasteiger partial charge in [0.25, 0.3) is 0 Å². The van der Waals surface area contributed by atoms with E-state index in [1.165, 1.54) is 5.56 Å². The number of aliphatic hydroxyl groups excluding tert-OH is 1. The van der Waals surface area contributed by atoms with Crippen molar-refractivity contribution in [2.75, 3.05) is 46.0 Å². The minimum Gasteiger partial charge on any atom is -0.491 e. The third kappa shape index (κ3) is 7.12. The third-order valence-corrected chi connectivity index (χ3v) is 5.35. The van der Waals surface area contributed by atoms with Crippen LogP contribution in [0.2, 0.25) is 0 Å². The average Bonchev–Trinajstić information content (AvgIpc) is 2.79. The lowest BCUT2D eigenvalue weighted by molar-refractivity contribution is 0.0110. The van der Waals surface area contributed by atoms with Crippen molar-refractivity contribution in [1.82, 2.24) is 9.80 Å². The first-order chi connectivity index (χ1) is 14.6. The maximum atomic E-state index is 10.7. The highest BCUT2D eigenvalue weighted by Crippen LogP contribution is 2.14. The highest BCUT2D eigenvalue weighted by molar-refractivity contribution is 5.34. The van der Waals surface area contributed by atoms with Crippen LogP contribution in [0.15, 0.2) is 54.6 Å². The van der Waals surface area contributed by atoms with Crippen LogP contribution in [-0.4, -0.2) is 73.1 Å². The molecular weight excluding hydrogens is 378 g/mol. The fourth-order valence-corrected chi connectivity index (χ4v) is 3.63. The van der Waals surface area contributed by atoms with Gasteiger partial charge in [0.2, 0.25) is 0 Å². The molecule has 30 heavy (non-hydrogen) atoms. The van der Waals surface area contributed by atoms with Gasteiger partial charge in [0.15, 0.2) is 0 Å². The SMILES string of the molecule is CC(CN1CCOCC1)N(Cc1ccccc1)CC(O)COc1ccc(C#N)cc1. The minimum absolute atomic E-state index is 0.210. The summed E-state index contributed by atoms with van der Waals surface area (Å²) in [6.07, 6.45) is -0.614. The summed E-state index contributed by atoms with van der Waals surface area (Å²) in [5.41, 5.74) is 1.82. The maximum Gasteiger partial charge on any atom is 0.119 e. The fraction of sp³-hybridized carbons (Fsp3) is 0.458. The summed E-state index contributed by atoms with van der Waals surface area (Å²) in [6, 6.07) is 19.7. The Bertz CT molecular complexity index is 786. The predicted molar refractivity (Wildman–Crippen MR) is 116 cm³/mol. The third-order valence-electron chi connectivity index (χ3n) is 5.35. The van der Waals surface area contributed by atoms with Crippen molar-refractivity contribution < 1.29 is 14.6 Å². The molecule has 0 aliphatic carbocycles. The Balaban J connectivity index is 1.57. The summed E-state index contributed by atoms with van der Waals surface area (Å²) in [5, 5.41) is 19.6. The van der Waals surface area contributed by atoms with Gasteiger partial charge in [0.05, 0.1) is 24.8 Å². The molecule has 1 aliphatic rings. The van der Waals surface area contributed by atoms with Crippen LogP contribution in [0.25, 0.3) is 0 Å². The predicted octanol–water partition coefficient (Wildman–Crippen LogP) is 2.52. The van der Waals surface area contributed by atoms with Crippen LogP contribution < -0.4 is 4.74 Å². The number of rotatable bonds is 10. The normalized spacial score (nSPS) is 16.7. The topological polar surface area (TPSA) is 69.0 Å². The number of benzene rings is 2. The van der Waals surface area contributed by atoms with E-state index in [0.29, 0.717) is 17.9 Å². The van der Waals surface area contributed by atoms with E-state index in [-0.39, 0.29) is 12.6 Å². The molecule has 2 atom stereocenters. The van der Waals surface area contributed by atoms with Crippen molar-refractivity contribution in [3.63, 3.8) is 0 Å². The van der Waals surface area contributed by atoms with Crippen LogP contribution in [0.4, 0.5) is 0 Å². The Morgan fingerprint density at radius 1 is 1.13 bits per heavy atom. The van der Waals surface area contributed by atoms with Gasteiger partial charge in [-0.3, -0.25) is 9.80 Å². The average molecular weight is 410 g/mol. The highest BCUT2D eigenvalue weighted by atomic mass is 16.5. The molecule has 1 aliphatic heterocycles. The van der Waals surface area contributed by atoms with Crippen LogP contribution in [0, 0.1) is 11.3 Å². The molecule has 1 fully saturated rings. The summed E-state index contributed by atoms with van der Waals surface area (Å²) >= 11 is 0. The molecular formula is C24H31N3O3. The van der Waals surface area contributed by atoms with E-state index in [1.807, 2.05) is 18.2 Å². The van der Waals surface area contributed by atoms with Gasteiger partial charge in [-0.15, -0.1) is 0 Å². The molecule has 3 rings (SSSR count). The lowest BCUT2D eigenvalue weighted by Gasteiger charge is -2.36. The first-order valence-corrected chi connectivity index (χ1v) is 10.5. The standard InChI is InChI=1S/C24H31N3O3/c1-20(16-26-11-13-29-14-12-26)27(17-22-5-3-2-4-6-22)18-23(28)19-30-24-9-7-21(15-25)8-10-24/h2-10,20,23,28H,11-14,16-19H2,1H3. The highest BCUT2D eigenvalue weighted by Gasteiger charge is 2.22. The molecule has 0 amide bonds. The maximum absolute atomic E-state index is 10.7. The van der Waals surface area contributed by atoms with Crippen LogP contribution >= 0.6 is 0 Å². The molecule has 1 heterocycles. The van der Waals surface area contributed by atoms with Gasteiger partial charge >= 0.3 is 0 Å². The zero-order valence-electron chi connectivity index (χ0n) is 17.6. The number of nitriles is 1. The van der Waals surface area contributed by atoms with Crippen molar-refractivity contribution in [2.24, 2.45) is 0 Å². The Kier molecular flexibility index (Phi) is 8.66. The number of ether oxygens (including phenoxy) is 2. The van der Waals surface area contributed by atoms with Gasteiger partial charge in [-0.25, -0.2) is 0 Å². The van der Waals surface area contributed by atoms with Crippen LogP contribution in [0.1, 0.15) is 18.1 Å². The molecule has 6 heteroatoms. The second-order valence-corrected chi connectivity index (χ2v) is 7.78. The van der Waals surface area contributed by atoms with E-state index < -0.39 is 6.10 Å². The molecule has 1 N–H and O–H groups in total. The summed E-state index contributed by atoms with van der Waals surface area (Å²) in [5.74, 6) is 0.657. The molecule has 1 saturated heterocycles. The van der Waals surface area contributed by atoms with Crippen molar-refractivity contribution in [3.05, 3.63) is 65.7 Å². The number of morpholine rings is 1. The van der Waals surface area contributed by atoms with Gasteiger partial charge in [-0.1, -0.05) is 30.3 Å². The number of hydrogen-bond donors (Lipinski definition) is 1. The second kappa shape index (κ2) is 11.7. The van der Waals surface area contributed by atoms with E-state index >= 15 is 0 Å². The zero-order valence-corrected chi connectivity index (χ0v) is 17.6. The summed E-state index contributed by atoms with van der Waals surface area (Å²) < 4.78 is 11.2. The number of aliphatic hydroxyl groups is 1. The monoisotopic (exact) mass is 409 g/mol. The zero-order chi connectivity index (χ0) is 21.2. The van der Waals surface area contributed by atoms with E-state index in [1.54, 1.807) is 24.3 Å². The van der Waals surface area contributed by atoms with E-state index in [9.17, 15) is 5.11 Å². The number of nitrogens with zero attached hydrogens (tertiary/aromatic N) is 3. The van der Waals surface area contributed by atoms with Gasteiger partial charge in [0.1, 0.15) is 18.5 Å². The van der Waals surface area contributed by atoms with Crippen LogP contribution in [-0.2, 0) is 11.3 Å². The molecule has 0 aromatic heterocycles. The van der Waals surface area contributed by atoms with E-state index in [4.69, 9.17) is 14.7 Å². The quantitative estimate of drug-likeness (QED) is 0.650. The molecule has 2 aromatic carbocycles. The summed E-state index contributed by atoms with van der Waals surface area (Å²) in [6.45, 7) is 8.14. The first kappa shape index (κ1) is 22.3. The van der Waals surface area contributed by atoms with Gasteiger partial charge in [-0.05, 0) is 36.8 Å². The molecule has 160 valence electrons. The molecule has 6 nitrogen and oxygen atoms in total. The van der Waals surface area contributed by atoms with Crippen molar-refractivity contribution >= 4 is 0 Å². The Morgan fingerprint density at radius 2 is 1.83 bits per heavy atom. The summed E-state index contributed by atoms with van der Waals surface area (Å²) in [4.78, 5) is 4.74. The second-order valence-electron chi connectivity index (χ2n) is 7.78.